The smallest absolute Gasteiger partial charge is 0.410 e. The molecule has 1 aliphatic heterocycles. The summed E-state index contributed by atoms with van der Waals surface area (Å²) in [7, 11) is 0. The van der Waals surface area contributed by atoms with Crippen molar-refractivity contribution in [2.75, 3.05) is 19.7 Å². The van der Waals surface area contributed by atoms with Gasteiger partial charge in [0.05, 0.1) is 6.61 Å². The van der Waals surface area contributed by atoms with Gasteiger partial charge in [-0.25, -0.2) is 9.78 Å². The molecule has 2 rings (SSSR count). The summed E-state index contributed by atoms with van der Waals surface area (Å²) in [5.41, 5.74) is 6.17. The maximum atomic E-state index is 12.0. The first-order valence-electron chi connectivity index (χ1n) is 8.13. The summed E-state index contributed by atoms with van der Waals surface area (Å²) in [5, 5.41) is 0. The Balaban J connectivity index is 1.75. The Labute approximate surface area is 138 Å². The second kappa shape index (κ2) is 7.64. The molecule has 1 saturated heterocycles. The molecular formula is C17H27N3O3. The highest BCUT2D eigenvalue weighted by molar-refractivity contribution is 5.68. The molecule has 128 valence electrons. The molecule has 2 heterocycles. The van der Waals surface area contributed by atoms with Gasteiger partial charge in [-0.05, 0) is 51.2 Å². The third kappa shape index (κ3) is 5.71. The number of rotatable bonds is 4. The minimum Gasteiger partial charge on any atom is -0.477 e. The summed E-state index contributed by atoms with van der Waals surface area (Å²) >= 11 is 0. The van der Waals surface area contributed by atoms with E-state index in [0.717, 1.165) is 18.4 Å². The van der Waals surface area contributed by atoms with E-state index in [1.54, 1.807) is 11.1 Å². The van der Waals surface area contributed by atoms with Crippen LogP contribution in [0, 0.1) is 5.92 Å². The van der Waals surface area contributed by atoms with Crippen molar-refractivity contribution < 1.29 is 14.3 Å². The van der Waals surface area contributed by atoms with Crippen LogP contribution in [0.25, 0.3) is 0 Å². The lowest BCUT2D eigenvalue weighted by molar-refractivity contribution is 0.0164. The minimum absolute atomic E-state index is 0.228. The van der Waals surface area contributed by atoms with Crippen LogP contribution in [-0.2, 0) is 11.3 Å². The quantitative estimate of drug-likeness (QED) is 0.922. The molecule has 1 aromatic heterocycles. The number of nitrogens with two attached hydrogens (primary N) is 1. The lowest BCUT2D eigenvalue weighted by atomic mass is 9.98. The average Bonchev–Trinajstić information content (AvgIpc) is 2.52. The van der Waals surface area contributed by atoms with Gasteiger partial charge in [0.15, 0.2) is 0 Å². The fourth-order valence-electron chi connectivity index (χ4n) is 2.47. The fraction of sp³-hybridized carbons (Fsp3) is 0.647. The highest BCUT2D eigenvalue weighted by Gasteiger charge is 2.27. The second-order valence-corrected chi connectivity index (χ2v) is 6.93. The molecule has 0 saturated carbocycles. The number of pyridine rings is 1. The SMILES string of the molecule is CC(C)(C)OC(=O)N1CCC(COc2cc(CN)ccn2)CC1. The molecular weight excluding hydrogens is 294 g/mol. The number of carbonyl (C=O) groups excluding carboxylic acids is 1. The van der Waals surface area contributed by atoms with Gasteiger partial charge in [-0.3, -0.25) is 0 Å². The Kier molecular flexibility index (Phi) is 5.82. The number of aromatic nitrogens is 1. The van der Waals surface area contributed by atoms with Gasteiger partial charge in [0, 0.05) is 31.9 Å². The lowest BCUT2D eigenvalue weighted by Gasteiger charge is -2.33. The normalized spacial score (nSPS) is 16.3. The van der Waals surface area contributed by atoms with Crippen LogP contribution in [0.1, 0.15) is 39.2 Å². The Hall–Kier alpha value is -1.82. The summed E-state index contributed by atoms with van der Waals surface area (Å²) in [6.07, 6.45) is 3.31. The molecule has 0 unspecified atom stereocenters. The number of likely N-dealkylation sites (tertiary alicyclic amines) is 1. The predicted octanol–water partition coefficient (Wildman–Crippen LogP) is 2.57. The van der Waals surface area contributed by atoms with Crippen LogP contribution in [0.3, 0.4) is 0 Å². The van der Waals surface area contributed by atoms with Crippen LogP contribution in [0.15, 0.2) is 18.3 Å². The first-order valence-corrected chi connectivity index (χ1v) is 8.13. The number of amides is 1. The van der Waals surface area contributed by atoms with Gasteiger partial charge in [-0.2, -0.15) is 0 Å². The third-order valence-electron chi connectivity index (χ3n) is 3.77. The zero-order valence-electron chi connectivity index (χ0n) is 14.2. The Morgan fingerprint density at radius 2 is 2.09 bits per heavy atom. The molecule has 6 nitrogen and oxygen atoms in total. The molecule has 1 aromatic rings. The van der Waals surface area contributed by atoms with E-state index in [4.69, 9.17) is 15.2 Å². The summed E-state index contributed by atoms with van der Waals surface area (Å²) in [4.78, 5) is 18.0. The van der Waals surface area contributed by atoms with E-state index in [1.165, 1.54) is 0 Å². The van der Waals surface area contributed by atoms with Gasteiger partial charge in [0.1, 0.15) is 5.60 Å². The largest absolute Gasteiger partial charge is 0.477 e. The van der Waals surface area contributed by atoms with Crippen molar-refractivity contribution in [1.29, 1.82) is 0 Å². The summed E-state index contributed by atoms with van der Waals surface area (Å²) in [6.45, 7) is 8.16. The molecule has 0 radical (unpaired) electrons. The van der Waals surface area contributed by atoms with Crippen LogP contribution in [0.2, 0.25) is 0 Å². The maximum absolute atomic E-state index is 12.0. The first-order chi connectivity index (χ1) is 10.9. The second-order valence-electron chi connectivity index (χ2n) is 6.93. The monoisotopic (exact) mass is 321 g/mol. The number of hydrogen-bond acceptors (Lipinski definition) is 5. The minimum atomic E-state index is -0.448. The van der Waals surface area contributed by atoms with E-state index in [2.05, 4.69) is 4.98 Å². The summed E-state index contributed by atoms with van der Waals surface area (Å²) < 4.78 is 11.2. The van der Waals surface area contributed by atoms with Crippen molar-refractivity contribution in [3.05, 3.63) is 23.9 Å². The fourth-order valence-corrected chi connectivity index (χ4v) is 2.47. The van der Waals surface area contributed by atoms with E-state index in [9.17, 15) is 4.79 Å². The summed E-state index contributed by atoms with van der Waals surface area (Å²) in [6, 6.07) is 3.75. The third-order valence-corrected chi connectivity index (χ3v) is 3.77. The zero-order chi connectivity index (χ0) is 16.9. The van der Waals surface area contributed by atoms with Crippen LogP contribution in [-0.4, -0.2) is 41.3 Å². The van der Waals surface area contributed by atoms with Gasteiger partial charge in [-0.1, -0.05) is 0 Å². The van der Waals surface area contributed by atoms with Gasteiger partial charge >= 0.3 is 6.09 Å². The molecule has 0 aliphatic carbocycles. The predicted molar refractivity (Wildman–Crippen MR) is 88.2 cm³/mol. The number of carbonyl (C=O) groups is 1. The van der Waals surface area contributed by atoms with E-state index in [0.29, 0.717) is 38.0 Å². The summed E-state index contributed by atoms with van der Waals surface area (Å²) in [5.74, 6) is 1.04. The molecule has 1 aliphatic rings. The molecule has 0 bridgehead atoms. The van der Waals surface area contributed by atoms with E-state index < -0.39 is 5.60 Å². The van der Waals surface area contributed by atoms with E-state index in [1.807, 2.05) is 32.9 Å². The topological polar surface area (TPSA) is 77.7 Å². The molecule has 0 spiro atoms. The zero-order valence-corrected chi connectivity index (χ0v) is 14.2. The Bertz CT molecular complexity index is 520. The molecule has 1 fully saturated rings. The standard InChI is InChI=1S/C17H27N3O3/c1-17(2,3)23-16(21)20-8-5-13(6-9-20)12-22-15-10-14(11-18)4-7-19-15/h4,7,10,13H,5-6,8-9,11-12,18H2,1-3H3. The van der Waals surface area contributed by atoms with Crippen molar-refractivity contribution in [3.8, 4) is 5.88 Å². The molecule has 0 atom stereocenters. The first kappa shape index (κ1) is 17.5. The van der Waals surface area contributed by atoms with Gasteiger partial charge in [0.25, 0.3) is 0 Å². The Morgan fingerprint density at radius 3 is 2.70 bits per heavy atom. The molecule has 2 N–H and O–H groups in total. The molecule has 1 amide bonds. The van der Waals surface area contributed by atoms with Crippen molar-refractivity contribution in [3.63, 3.8) is 0 Å². The van der Waals surface area contributed by atoms with Crippen LogP contribution < -0.4 is 10.5 Å². The van der Waals surface area contributed by atoms with Crippen LogP contribution in [0.4, 0.5) is 4.79 Å². The van der Waals surface area contributed by atoms with Crippen molar-refractivity contribution >= 4 is 6.09 Å². The van der Waals surface area contributed by atoms with Gasteiger partial charge in [-0.15, -0.1) is 0 Å². The van der Waals surface area contributed by atoms with Crippen LogP contribution in [0.5, 0.6) is 5.88 Å². The van der Waals surface area contributed by atoms with Crippen molar-refractivity contribution in [2.24, 2.45) is 11.7 Å². The van der Waals surface area contributed by atoms with Gasteiger partial charge in [0.2, 0.25) is 5.88 Å². The van der Waals surface area contributed by atoms with Gasteiger partial charge < -0.3 is 20.1 Å². The van der Waals surface area contributed by atoms with Crippen molar-refractivity contribution in [2.45, 2.75) is 45.8 Å². The highest BCUT2D eigenvalue weighted by atomic mass is 16.6. The number of piperidine rings is 1. The van der Waals surface area contributed by atoms with Crippen molar-refractivity contribution in [1.82, 2.24) is 9.88 Å². The number of nitrogens with zero attached hydrogens (tertiary/aromatic N) is 2. The molecule has 6 heteroatoms. The number of ether oxygens (including phenoxy) is 2. The Morgan fingerprint density at radius 1 is 1.39 bits per heavy atom. The number of hydrogen-bond donors (Lipinski definition) is 1. The van der Waals surface area contributed by atoms with E-state index in [-0.39, 0.29) is 6.09 Å². The maximum Gasteiger partial charge on any atom is 0.410 e. The lowest BCUT2D eigenvalue weighted by Crippen LogP contribution is -2.42. The molecule has 0 aromatic carbocycles. The average molecular weight is 321 g/mol. The van der Waals surface area contributed by atoms with E-state index >= 15 is 0 Å². The molecule has 23 heavy (non-hydrogen) atoms. The highest BCUT2D eigenvalue weighted by Crippen LogP contribution is 2.21. The van der Waals surface area contributed by atoms with Crippen LogP contribution >= 0.6 is 0 Å².